The van der Waals surface area contributed by atoms with Gasteiger partial charge in [0.15, 0.2) is 0 Å². The maximum Gasteiger partial charge on any atom is 0.247 e. The summed E-state index contributed by atoms with van der Waals surface area (Å²) >= 11 is 0. The number of nitrogens with two attached hydrogens (primary N) is 1. The van der Waals surface area contributed by atoms with Crippen molar-refractivity contribution in [2.24, 2.45) is 5.73 Å². The van der Waals surface area contributed by atoms with Gasteiger partial charge in [0.2, 0.25) is 5.91 Å². The van der Waals surface area contributed by atoms with Gasteiger partial charge in [-0.05, 0) is 29.8 Å². The minimum absolute atomic E-state index is 0.0518. The number of amides is 1. The largest absolute Gasteiger partial charge is 0.497 e. The standard InChI is InChI=1S/C16H16N2O2/c1-20-13-9-7-12(8-10-13)18-15(14(17)16(18)19)11-5-3-2-4-6-11/h2-10,14-15H,17H2,1H3/t14-,15+/m1/s1. The van der Waals surface area contributed by atoms with Crippen LogP contribution < -0.4 is 15.4 Å². The SMILES string of the molecule is COc1ccc(N2C(=O)[C@H](N)[C@@H]2c2ccccc2)cc1. The molecule has 0 aromatic heterocycles. The predicted molar refractivity (Wildman–Crippen MR) is 77.6 cm³/mol. The van der Waals surface area contributed by atoms with Gasteiger partial charge in [-0.1, -0.05) is 30.3 Å². The molecule has 102 valence electrons. The Labute approximate surface area is 117 Å². The van der Waals surface area contributed by atoms with Crippen molar-refractivity contribution in [2.45, 2.75) is 12.1 Å². The van der Waals surface area contributed by atoms with E-state index in [1.807, 2.05) is 54.6 Å². The molecular formula is C16H16N2O2. The quantitative estimate of drug-likeness (QED) is 0.867. The van der Waals surface area contributed by atoms with E-state index in [0.717, 1.165) is 17.0 Å². The third kappa shape index (κ3) is 1.94. The first kappa shape index (κ1) is 12.7. The van der Waals surface area contributed by atoms with Crippen LogP contribution in [0.4, 0.5) is 5.69 Å². The van der Waals surface area contributed by atoms with E-state index < -0.39 is 6.04 Å². The maximum absolute atomic E-state index is 12.1. The van der Waals surface area contributed by atoms with Gasteiger partial charge >= 0.3 is 0 Å². The van der Waals surface area contributed by atoms with Crippen molar-refractivity contribution in [3.63, 3.8) is 0 Å². The number of β-lactam (4-membered cyclic amide) rings is 1. The molecule has 4 nitrogen and oxygen atoms in total. The highest BCUT2D eigenvalue weighted by Crippen LogP contribution is 2.38. The Balaban J connectivity index is 1.92. The van der Waals surface area contributed by atoms with E-state index in [2.05, 4.69) is 0 Å². The Hall–Kier alpha value is -2.33. The number of nitrogens with zero attached hydrogens (tertiary/aromatic N) is 1. The summed E-state index contributed by atoms with van der Waals surface area (Å²) in [5, 5.41) is 0. The van der Waals surface area contributed by atoms with Crippen LogP contribution in [0.5, 0.6) is 5.75 Å². The van der Waals surface area contributed by atoms with E-state index in [1.165, 1.54) is 0 Å². The highest BCUT2D eigenvalue weighted by molar-refractivity contribution is 6.05. The lowest BCUT2D eigenvalue weighted by Crippen LogP contribution is -2.63. The zero-order chi connectivity index (χ0) is 14.1. The minimum atomic E-state index is -0.473. The normalized spacial score (nSPS) is 21.5. The van der Waals surface area contributed by atoms with Gasteiger partial charge in [0.25, 0.3) is 0 Å². The molecule has 2 N–H and O–H groups in total. The molecule has 3 rings (SSSR count). The van der Waals surface area contributed by atoms with E-state index in [1.54, 1.807) is 12.0 Å². The van der Waals surface area contributed by atoms with Crippen molar-refractivity contribution < 1.29 is 9.53 Å². The molecule has 0 saturated carbocycles. The molecule has 2 aromatic carbocycles. The molecule has 0 unspecified atom stereocenters. The molecule has 1 fully saturated rings. The second kappa shape index (κ2) is 4.98. The zero-order valence-electron chi connectivity index (χ0n) is 11.2. The number of ether oxygens (including phenoxy) is 1. The first-order chi connectivity index (χ1) is 9.72. The Bertz CT molecular complexity index is 610. The summed E-state index contributed by atoms with van der Waals surface area (Å²) in [5.74, 6) is 0.714. The van der Waals surface area contributed by atoms with Crippen LogP contribution in [0.1, 0.15) is 11.6 Å². The first-order valence-electron chi connectivity index (χ1n) is 6.50. The lowest BCUT2D eigenvalue weighted by atomic mass is 9.88. The predicted octanol–water partition coefficient (Wildman–Crippen LogP) is 2.11. The van der Waals surface area contributed by atoms with E-state index in [-0.39, 0.29) is 11.9 Å². The molecular weight excluding hydrogens is 252 g/mol. The average molecular weight is 268 g/mol. The summed E-state index contributed by atoms with van der Waals surface area (Å²) < 4.78 is 5.13. The third-order valence-corrected chi connectivity index (χ3v) is 3.63. The number of carbonyl (C=O) groups is 1. The van der Waals surface area contributed by atoms with Gasteiger partial charge in [0.05, 0.1) is 13.2 Å². The highest BCUT2D eigenvalue weighted by Gasteiger charge is 2.46. The van der Waals surface area contributed by atoms with Crippen molar-refractivity contribution in [2.75, 3.05) is 12.0 Å². The van der Waals surface area contributed by atoms with Gasteiger partial charge in [-0.3, -0.25) is 4.79 Å². The van der Waals surface area contributed by atoms with Gasteiger partial charge in [-0.2, -0.15) is 0 Å². The first-order valence-corrected chi connectivity index (χ1v) is 6.50. The van der Waals surface area contributed by atoms with E-state index >= 15 is 0 Å². The van der Waals surface area contributed by atoms with Crippen LogP contribution in [0.25, 0.3) is 0 Å². The summed E-state index contributed by atoms with van der Waals surface area (Å²) in [5.41, 5.74) is 7.86. The number of carbonyl (C=O) groups excluding carboxylic acids is 1. The van der Waals surface area contributed by atoms with E-state index in [0.29, 0.717) is 0 Å². The molecule has 4 heteroatoms. The maximum atomic E-state index is 12.1. The summed E-state index contributed by atoms with van der Waals surface area (Å²) in [6, 6.07) is 16.7. The fourth-order valence-corrected chi connectivity index (χ4v) is 2.55. The lowest BCUT2D eigenvalue weighted by molar-refractivity contribution is -0.126. The molecule has 2 atom stereocenters. The summed E-state index contributed by atoms with van der Waals surface area (Å²) in [7, 11) is 1.62. The van der Waals surface area contributed by atoms with Crippen LogP contribution in [0.3, 0.4) is 0 Å². The van der Waals surface area contributed by atoms with Gasteiger partial charge in [-0.25, -0.2) is 0 Å². The number of benzene rings is 2. The van der Waals surface area contributed by atoms with Crippen LogP contribution in [0.15, 0.2) is 54.6 Å². The summed E-state index contributed by atoms with van der Waals surface area (Å²) in [4.78, 5) is 13.8. The molecule has 2 aromatic rings. The minimum Gasteiger partial charge on any atom is -0.497 e. The lowest BCUT2D eigenvalue weighted by Gasteiger charge is -2.45. The molecule has 0 aliphatic carbocycles. The Morgan fingerprint density at radius 3 is 2.30 bits per heavy atom. The molecule has 1 aliphatic heterocycles. The van der Waals surface area contributed by atoms with Crippen LogP contribution in [-0.2, 0) is 4.79 Å². The topological polar surface area (TPSA) is 55.6 Å². The number of hydrogen-bond donors (Lipinski definition) is 1. The van der Waals surface area contributed by atoms with E-state index in [4.69, 9.17) is 10.5 Å². The number of rotatable bonds is 3. The Kier molecular flexibility index (Phi) is 3.16. The van der Waals surface area contributed by atoms with Crippen molar-refractivity contribution in [1.82, 2.24) is 0 Å². The molecule has 1 heterocycles. The number of anilines is 1. The third-order valence-electron chi connectivity index (χ3n) is 3.63. The molecule has 20 heavy (non-hydrogen) atoms. The Morgan fingerprint density at radius 1 is 1.05 bits per heavy atom. The van der Waals surface area contributed by atoms with Crippen LogP contribution in [-0.4, -0.2) is 19.1 Å². The number of hydrogen-bond acceptors (Lipinski definition) is 3. The van der Waals surface area contributed by atoms with Crippen LogP contribution in [0.2, 0.25) is 0 Å². The fraction of sp³-hybridized carbons (Fsp3) is 0.188. The summed E-state index contributed by atoms with van der Waals surface area (Å²) in [6.07, 6.45) is 0. The molecule has 1 saturated heterocycles. The van der Waals surface area contributed by atoms with Crippen molar-refractivity contribution in [3.05, 3.63) is 60.2 Å². The van der Waals surface area contributed by atoms with Crippen LogP contribution >= 0.6 is 0 Å². The smallest absolute Gasteiger partial charge is 0.247 e. The average Bonchev–Trinajstić information content (AvgIpc) is 2.52. The van der Waals surface area contributed by atoms with Crippen LogP contribution in [0, 0.1) is 0 Å². The zero-order valence-corrected chi connectivity index (χ0v) is 11.2. The summed E-state index contributed by atoms with van der Waals surface area (Å²) in [6.45, 7) is 0. The van der Waals surface area contributed by atoms with Gasteiger partial charge in [0, 0.05) is 5.69 Å². The molecule has 0 spiro atoms. The van der Waals surface area contributed by atoms with Crippen molar-refractivity contribution in [3.8, 4) is 5.75 Å². The van der Waals surface area contributed by atoms with E-state index in [9.17, 15) is 4.79 Å². The second-order valence-corrected chi connectivity index (χ2v) is 4.79. The fourth-order valence-electron chi connectivity index (χ4n) is 2.55. The molecule has 1 aliphatic rings. The van der Waals surface area contributed by atoms with Crippen molar-refractivity contribution in [1.29, 1.82) is 0 Å². The van der Waals surface area contributed by atoms with Gasteiger partial charge in [-0.15, -0.1) is 0 Å². The monoisotopic (exact) mass is 268 g/mol. The highest BCUT2D eigenvalue weighted by atomic mass is 16.5. The Morgan fingerprint density at radius 2 is 1.70 bits per heavy atom. The van der Waals surface area contributed by atoms with Crippen molar-refractivity contribution >= 4 is 11.6 Å². The van der Waals surface area contributed by atoms with Gasteiger partial charge in [0.1, 0.15) is 11.8 Å². The number of methoxy groups -OCH3 is 1. The second-order valence-electron chi connectivity index (χ2n) is 4.79. The molecule has 0 radical (unpaired) electrons. The molecule has 1 amide bonds. The molecule has 0 bridgehead atoms. The van der Waals surface area contributed by atoms with Gasteiger partial charge < -0.3 is 15.4 Å².